The van der Waals surface area contributed by atoms with Crippen molar-refractivity contribution in [2.45, 2.75) is 32.4 Å². The summed E-state index contributed by atoms with van der Waals surface area (Å²) in [7, 11) is 0. The fourth-order valence-corrected chi connectivity index (χ4v) is 3.09. The first-order valence-electron chi connectivity index (χ1n) is 7.84. The Morgan fingerprint density at radius 1 is 1.30 bits per heavy atom. The minimum absolute atomic E-state index is 0.0348. The maximum atomic E-state index is 12.6. The van der Waals surface area contributed by atoms with E-state index in [0.717, 1.165) is 24.0 Å². The predicted molar refractivity (Wildman–Crippen MR) is 90.7 cm³/mol. The van der Waals surface area contributed by atoms with Gasteiger partial charge in [0.2, 0.25) is 0 Å². The molecule has 5 heteroatoms. The second kappa shape index (κ2) is 6.28. The third-order valence-electron chi connectivity index (χ3n) is 4.39. The fraction of sp³-hybridized carbons (Fsp3) is 0.333. The molecule has 1 aromatic heterocycles. The first kappa shape index (κ1) is 15.3. The lowest BCUT2D eigenvalue weighted by Gasteiger charge is -2.17. The van der Waals surface area contributed by atoms with Crippen molar-refractivity contribution >= 4 is 0 Å². The van der Waals surface area contributed by atoms with E-state index >= 15 is 0 Å². The Hall–Kier alpha value is -2.56. The van der Waals surface area contributed by atoms with Gasteiger partial charge in [0.25, 0.3) is 0 Å². The lowest BCUT2D eigenvalue weighted by atomic mass is 10.0. The number of hydrogen-bond acceptors (Lipinski definition) is 2. The fourth-order valence-electron chi connectivity index (χ4n) is 3.09. The third-order valence-corrected chi connectivity index (χ3v) is 4.39. The zero-order valence-corrected chi connectivity index (χ0v) is 13.2. The second-order valence-corrected chi connectivity index (χ2v) is 6.06. The molecule has 1 aliphatic rings. The molecule has 0 spiro atoms. The van der Waals surface area contributed by atoms with Gasteiger partial charge in [0.05, 0.1) is 12.6 Å². The molecule has 2 aromatic rings. The number of benzene rings is 1. The van der Waals surface area contributed by atoms with Gasteiger partial charge in [0.15, 0.2) is 0 Å². The van der Waals surface area contributed by atoms with E-state index in [1.807, 2.05) is 37.3 Å². The summed E-state index contributed by atoms with van der Waals surface area (Å²) in [5, 5.41) is 2.71. The van der Waals surface area contributed by atoms with Crippen molar-refractivity contribution < 1.29 is 0 Å². The molecule has 0 unspecified atom stereocenters. The summed E-state index contributed by atoms with van der Waals surface area (Å²) in [6.45, 7) is 6.05. The number of H-pyrrole nitrogens is 1. The number of aryl methyl sites for hydroxylation is 1. The van der Waals surface area contributed by atoms with Gasteiger partial charge < -0.3 is 0 Å². The average Bonchev–Trinajstić information content (AvgIpc) is 3.09. The van der Waals surface area contributed by atoms with Gasteiger partial charge in [-0.1, -0.05) is 48.1 Å². The molecule has 0 amide bonds. The summed E-state index contributed by atoms with van der Waals surface area (Å²) < 4.78 is 2.73. The summed E-state index contributed by atoms with van der Waals surface area (Å²) in [4.78, 5) is 24.8. The molecule has 1 N–H and O–H groups in total. The normalized spacial score (nSPS) is 20.0. The van der Waals surface area contributed by atoms with Crippen LogP contribution in [0.3, 0.4) is 0 Å². The van der Waals surface area contributed by atoms with Gasteiger partial charge in [-0.3, -0.25) is 0 Å². The number of rotatable bonds is 5. The molecule has 23 heavy (non-hydrogen) atoms. The topological polar surface area (TPSA) is 59.8 Å². The van der Waals surface area contributed by atoms with Crippen LogP contribution in [0, 0.1) is 12.8 Å². The number of hydrogen-bond donors (Lipinski definition) is 1. The molecule has 3 rings (SSSR count). The average molecular weight is 311 g/mol. The van der Waals surface area contributed by atoms with E-state index in [4.69, 9.17) is 0 Å². The zero-order valence-electron chi connectivity index (χ0n) is 13.2. The Labute approximate surface area is 134 Å². The van der Waals surface area contributed by atoms with Gasteiger partial charge in [0, 0.05) is 5.92 Å². The van der Waals surface area contributed by atoms with Crippen molar-refractivity contribution in [3.63, 3.8) is 0 Å². The monoisotopic (exact) mass is 311 g/mol. The Balaban J connectivity index is 1.91. The van der Waals surface area contributed by atoms with Crippen LogP contribution in [0.25, 0.3) is 0 Å². The molecular formula is C18H21N3O2. The van der Waals surface area contributed by atoms with Crippen molar-refractivity contribution in [2.75, 3.05) is 0 Å². The summed E-state index contributed by atoms with van der Waals surface area (Å²) in [5.41, 5.74) is 1.45. The Kier molecular flexibility index (Phi) is 4.19. The number of aromatic amines is 1. The number of nitrogens with one attached hydrogen (secondary N) is 1. The highest BCUT2D eigenvalue weighted by atomic mass is 16.2. The van der Waals surface area contributed by atoms with Crippen LogP contribution in [0.5, 0.6) is 0 Å². The maximum absolute atomic E-state index is 12.6. The molecule has 1 aromatic carbocycles. The van der Waals surface area contributed by atoms with Gasteiger partial charge in [0.1, 0.15) is 0 Å². The maximum Gasteiger partial charge on any atom is 0.347 e. The van der Waals surface area contributed by atoms with Crippen LogP contribution in [0.15, 0.2) is 58.7 Å². The van der Waals surface area contributed by atoms with Crippen LogP contribution < -0.4 is 11.4 Å². The van der Waals surface area contributed by atoms with Crippen LogP contribution >= 0.6 is 0 Å². The quantitative estimate of drug-likeness (QED) is 0.862. The van der Waals surface area contributed by atoms with E-state index in [2.05, 4.69) is 23.8 Å². The van der Waals surface area contributed by atoms with Gasteiger partial charge in [-0.05, 0) is 25.3 Å². The smallest absolute Gasteiger partial charge is 0.246 e. The van der Waals surface area contributed by atoms with Crippen LogP contribution in [-0.4, -0.2) is 14.3 Å². The highest BCUT2D eigenvalue weighted by molar-refractivity contribution is 5.21. The van der Waals surface area contributed by atoms with E-state index in [1.165, 1.54) is 9.25 Å². The summed E-state index contributed by atoms with van der Waals surface area (Å²) in [6.07, 6.45) is 7.54. The van der Waals surface area contributed by atoms with Crippen LogP contribution in [0.4, 0.5) is 0 Å². The number of allylic oxidation sites excluding steroid dienone is 3. The van der Waals surface area contributed by atoms with E-state index in [0.29, 0.717) is 0 Å². The van der Waals surface area contributed by atoms with Gasteiger partial charge >= 0.3 is 11.4 Å². The molecule has 5 nitrogen and oxygen atoms in total. The molecule has 120 valence electrons. The largest absolute Gasteiger partial charge is 0.347 e. The summed E-state index contributed by atoms with van der Waals surface area (Å²) in [6, 6.07) is 7.80. The molecule has 0 radical (unpaired) electrons. The molecular weight excluding hydrogens is 290 g/mol. The van der Waals surface area contributed by atoms with E-state index in [-0.39, 0.29) is 29.9 Å². The standard InChI is InChI=1S/C18H21N3O2/c1-3-5-15-6-4-7-16(15)21-18(23)20(17(22)19-21)12-14-10-8-13(2)9-11-14/h3-4,6,8-11,15-16H,1,5,7,12H2,2H3,(H,19,22)/t15-,16-/m0/s1. The Bertz CT molecular complexity index is 836. The van der Waals surface area contributed by atoms with Crippen molar-refractivity contribution in [3.05, 3.63) is 81.2 Å². The highest BCUT2D eigenvalue weighted by Crippen LogP contribution is 2.30. The van der Waals surface area contributed by atoms with Crippen LogP contribution in [-0.2, 0) is 6.54 Å². The molecule has 0 fully saturated rings. The van der Waals surface area contributed by atoms with Crippen molar-refractivity contribution in [2.24, 2.45) is 5.92 Å². The number of nitrogens with zero attached hydrogens (tertiary/aromatic N) is 2. The van der Waals surface area contributed by atoms with Crippen LogP contribution in [0.2, 0.25) is 0 Å². The minimum atomic E-state index is -0.361. The first-order valence-corrected chi connectivity index (χ1v) is 7.84. The van der Waals surface area contributed by atoms with E-state index in [1.54, 1.807) is 0 Å². The van der Waals surface area contributed by atoms with E-state index < -0.39 is 0 Å². The van der Waals surface area contributed by atoms with E-state index in [9.17, 15) is 9.59 Å². The SMILES string of the molecule is C=CC[C@H]1C=CC[C@@H]1n1[nH]c(=O)n(Cc2ccc(C)cc2)c1=O. The zero-order chi connectivity index (χ0) is 16.4. The molecule has 0 aliphatic heterocycles. The van der Waals surface area contributed by atoms with Gasteiger partial charge in [-0.2, -0.15) is 0 Å². The van der Waals surface area contributed by atoms with Crippen molar-refractivity contribution in [1.29, 1.82) is 0 Å². The lowest BCUT2D eigenvalue weighted by molar-refractivity contribution is 0.366. The van der Waals surface area contributed by atoms with Gasteiger partial charge in [-0.25, -0.2) is 23.9 Å². The highest BCUT2D eigenvalue weighted by Gasteiger charge is 2.26. The number of aromatic nitrogens is 3. The molecule has 0 bridgehead atoms. The molecule has 1 heterocycles. The van der Waals surface area contributed by atoms with Crippen LogP contribution in [0.1, 0.15) is 30.0 Å². The Morgan fingerprint density at radius 3 is 2.74 bits per heavy atom. The molecule has 0 saturated heterocycles. The molecule has 1 aliphatic carbocycles. The van der Waals surface area contributed by atoms with Crippen molar-refractivity contribution in [3.8, 4) is 0 Å². The Morgan fingerprint density at radius 2 is 2.04 bits per heavy atom. The molecule has 2 atom stereocenters. The summed E-state index contributed by atoms with van der Waals surface area (Å²) in [5.74, 6) is 0.205. The minimum Gasteiger partial charge on any atom is -0.246 e. The molecule has 0 saturated carbocycles. The van der Waals surface area contributed by atoms with Gasteiger partial charge in [-0.15, -0.1) is 6.58 Å². The lowest BCUT2D eigenvalue weighted by Crippen LogP contribution is -2.32. The first-order chi connectivity index (χ1) is 11.1. The third kappa shape index (κ3) is 2.99. The predicted octanol–water partition coefficient (Wildman–Crippen LogP) is 2.39. The van der Waals surface area contributed by atoms with Crippen molar-refractivity contribution in [1.82, 2.24) is 14.3 Å². The summed E-state index contributed by atoms with van der Waals surface area (Å²) >= 11 is 0. The second-order valence-electron chi connectivity index (χ2n) is 6.06.